The minimum absolute atomic E-state index is 0.253. The fourth-order valence-corrected chi connectivity index (χ4v) is 5.40. The summed E-state index contributed by atoms with van der Waals surface area (Å²) in [6.45, 7) is 2.36. The van der Waals surface area contributed by atoms with Crippen molar-refractivity contribution in [3.63, 3.8) is 0 Å². The Morgan fingerprint density at radius 1 is 1.16 bits per heavy atom. The predicted octanol–water partition coefficient (Wildman–Crippen LogP) is 5.89. The highest BCUT2D eigenvalue weighted by Gasteiger charge is 2.42. The van der Waals surface area contributed by atoms with Crippen LogP contribution in [0.25, 0.3) is 11.0 Å². The van der Waals surface area contributed by atoms with Gasteiger partial charge in [0.15, 0.2) is 5.76 Å². The minimum atomic E-state index is -0.627. The molecule has 0 saturated heterocycles. The Balaban J connectivity index is 1.37. The molecule has 1 aliphatic carbocycles. The number of fused-ring (bicyclic) bond motifs is 3. The standard InChI is InChI=1S/C26H28ClNO4/c1-16-22-20(31-24(16)25(30)28-14-11-17-5-7-18(27)8-6-17)9-10-21-23(22)19(29)15-26(32-21)12-3-2-4-13-26/h5-10,19,29H,2-4,11-15H2,1H3,(H,28,30). The summed E-state index contributed by atoms with van der Waals surface area (Å²) in [4.78, 5) is 12.9. The van der Waals surface area contributed by atoms with Crippen LogP contribution in [0.3, 0.4) is 0 Å². The van der Waals surface area contributed by atoms with Gasteiger partial charge < -0.3 is 19.6 Å². The van der Waals surface area contributed by atoms with Crippen molar-refractivity contribution in [2.24, 2.45) is 0 Å². The molecule has 1 aromatic heterocycles. The summed E-state index contributed by atoms with van der Waals surface area (Å²) in [5.74, 6) is 0.753. The topological polar surface area (TPSA) is 71.7 Å². The Kier molecular flexibility index (Phi) is 5.64. The van der Waals surface area contributed by atoms with E-state index < -0.39 is 6.10 Å². The summed E-state index contributed by atoms with van der Waals surface area (Å²) >= 11 is 5.93. The number of amides is 1. The second-order valence-corrected chi connectivity index (χ2v) is 9.54. The van der Waals surface area contributed by atoms with E-state index in [2.05, 4.69) is 5.32 Å². The number of aryl methyl sites for hydroxylation is 1. The van der Waals surface area contributed by atoms with Crippen molar-refractivity contribution in [1.29, 1.82) is 0 Å². The highest BCUT2D eigenvalue weighted by atomic mass is 35.5. The van der Waals surface area contributed by atoms with E-state index in [0.29, 0.717) is 30.0 Å². The maximum absolute atomic E-state index is 12.9. The Labute approximate surface area is 192 Å². The molecule has 1 aliphatic heterocycles. The van der Waals surface area contributed by atoms with Crippen LogP contribution in [0.4, 0.5) is 0 Å². The number of furan rings is 1. The Morgan fingerprint density at radius 2 is 1.91 bits per heavy atom. The highest BCUT2D eigenvalue weighted by Crippen LogP contribution is 2.49. The summed E-state index contributed by atoms with van der Waals surface area (Å²) in [7, 11) is 0. The number of aliphatic hydroxyl groups excluding tert-OH is 1. The number of hydrogen-bond donors (Lipinski definition) is 2. The average Bonchev–Trinajstić information content (AvgIpc) is 3.12. The van der Waals surface area contributed by atoms with Crippen LogP contribution in [0.15, 0.2) is 40.8 Å². The van der Waals surface area contributed by atoms with Gasteiger partial charge in [-0.3, -0.25) is 4.79 Å². The molecule has 6 heteroatoms. The van der Waals surface area contributed by atoms with Gasteiger partial charge in [0.25, 0.3) is 5.91 Å². The Hall–Kier alpha value is -2.50. The first kappa shape index (κ1) is 21.4. The third-order valence-corrected chi connectivity index (χ3v) is 7.16. The van der Waals surface area contributed by atoms with Gasteiger partial charge in [0.2, 0.25) is 0 Å². The number of carbonyl (C=O) groups excluding carboxylic acids is 1. The van der Waals surface area contributed by atoms with Crippen LogP contribution in [0.2, 0.25) is 5.02 Å². The van der Waals surface area contributed by atoms with E-state index in [0.717, 1.165) is 53.5 Å². The van der Waals surface area contributed by atoms with E-state index in [-0.39, 0.29) is 17.3 Å². The van der Waals surface area contributed by atoms with Crippen molar-refractivity contribution in [1.82, 2.24) is 5.32 Å². The van der Waals surface area contributed by atoms with Gasteiger partial charge >= 0.3 is 0 Å². The highest BCUT2D eigenvalue weighted by molar-refractivity contribution is 6.30. The molecule has 2 aliphatic rings. The fraction of sp³-hybridized carbons (Fsp3) is 0.423. The normalized spacial score (nSPS) is 19.5. The lowest BCUT2D eigenvalue weighted by molar-refractivity contribution is -0.0373. The minimum Gasteiger partial charge on any atom is -0.487 e. The Morgan fingerprint density at radius 3 is 2.66 bits per heavy atom. The molecule has 2 N–H and O–H groups in total. The molecule has 2 aromatic carbocycles. The molecule has 1 saturated carbocycles. The van der Waals surface area contributed by atoms with Gasteiger partial charge in [0.1, 0.15) is 16.9 Å². The lowest BCUT2D eigenvalue weighted by Crippen LogP contribution is -2.42. The summed E-state index contributed by atoms with van der Waals surface area (Å²) in [5.41, 5.74) is 2.93. The summed E-state index contributed by atoms with van der Waals surface area (Å²) in [6.07, 6.45) is 6.12. The van der Waals surface area contributed by atoms with Crippen LogP contribution in [0.1, 0.15) is 71.9 Å². The largest absolute Gasteiger partial charge is 0.487 e. The smallest absolute Gasteiger partial charge is 0.287 e. The second kappa shape index (κ2) is 8.45. The van der Waals surface area contributed by atoms with Crippen LogP contribution in [0, 0.1) is 6.92 Å². The number of aliphatic hydroxyl groups is 1. The molecule has 0 radical (unpaired) electrons. The first-order chi connectivity index (χ1) is 15.5. The van der Waals surface area contributed by atoms with E-state index in [1.165, 1.54) is 6.42 Å². The fourth-order valence-electron chi connectivity index (χ4n) is 5.27. The van der Waals surface area contributed by atoms with Crippen LogP contribution >= 0.6 is 11.6 Å². The summed E-state index contributed by atoms with van der Waals surface area (Å²) in [5, 5.41) is 15.5. The quantitative estimate of drug-likeness (QED) is 0.517. The molecule has 1 spiro atoms. The monoisotopic (exact) mass is 453 g/mol. The number of rotatable bonds is 4. The van der Waals surface area contributed by atoms with Crippen LogP contribution in [-0.4, -0.2) is 23.2 Å². The maximum Gasteiger partial charge on any atom is 0.287 e. The summed E-state index contributed by atoms with van der Waals surface area (Å²) in [6, 6.07) is 11.3. The molecular formula is C26H28ClNO4. The van der Waals surface area contributed by atoms with E-state index in [9.17, 15) is 9.90 Å². The predicted molar refractivity (Wildman–Crippen MR) is 124 cm³/mol. The van der Waals surface area contributed by atoms with Crippen molar-refractivity contribution in [2.45, 2.75) is 63.6 Å². The lowest BCUT2D eigenvalue weighted by atomic mass is 9.77. The van der Waals surface area contributed by atoms with Crippen LogP contribution in [0.5, 0.6) is 5.75 Å². The molecule has 1 fully saturated rings. The first-order valence-electron chi connectivity index (χ1n) is 11.4. The molecule has 1 unspecified atom stereocenters. The van der Waals surface area contributed by atoms with Gasteiger partial charge in [0, 0.05) is 34.5 Å². The van der Waals surface area contributed by atoms with Crippen molar-refractivity contribution < 1.29 is 19.1 Å². The van der Waals surface area contributed by atoms with Crippen molar-refractivity contribution >= 4 is 28.5 Å². The maximum atomic E-state index is 12.9. The number of carbonyl (C=O) groups is 1. The van der Waals surface area contributed by atoms with E-state index in [1.54, 1.807) is 0 Å². The van der Waals surface area contributed by atoms with Gasteiger partial charge in [-0.1, -0.05) is 30.2 Å². The van der Waals surface area contributed by atoms with Gasteiger partial charge in [-0.05, 0) is 68.9 Å². The van der Waals surface area contributed by atoms with E-state index in [4.69, 9.17) is 20.8 Å². The zero-order valence-corrected chi connectivity index (χ0v) is 19.0. The van der Waals surface area contributed by atoms with Gasteiger partial charge in [0.05, 0.1) is 6.10 Å². The zero-order valence-electron chi connectivity index (χ0n) is 18.2. The SMILES string of the molecule is Cc1c(C(=O)NCCc2ccc(Cl)cc2)oc2ccc3c(c12)C(O)CC1(CCCCC1)O3. The third-order valence-electron chi connectivity index (χ3n) is 6.90. The van der Waals surface area contributed by atoms with Crippen molar-refractivity contribution in [3.05, 3.63) is 63.9 Å². The summed E-state index contributed by atoms with van der Waals surface area (Å²) < 4.78 is 12.4. The van der Waals surface area contributed by atoms with E-state index >= 15 is 0 Å². The number of benzene rings is 2. The molecule has 2 heterocycles. The molecular weight excluding hydrogens is 426 g/mol. The molecule has 168 valence electrons. The van der Waals surface area contributed by atoms with Gasteiger partial charge in [-0.25, -0.2) is 0 Å². The first-order valence-corrected chi connectivity index (χ1v) is 11.8. The Bertz CT molecular complexity index is 1140. The molecule has 0 bridgehead atoms. The lowest BCUT2D eigenvalue weighted by Gasteiger charge is -2.43. The van der Waals surface area contributed by atoms with Gasteiger partial charge in [-0.2, -0.15) is 0 Å². The number of nitrogens with one attached hydrogen (secondary N) is 1. The second-order valence-electron chi connectivity index (χ2n) is 9.10. The molecule has 5 nitrogen and oxygen atoms in total. The molecule has 3 aromatic rings. The zero-order chi connectivity index (χ0) is 22.3. The number of halogens is 1. The average molecular weight is 454 g/mol. The van der Waals surface area contributed by atoms with Crippen molar-refractivity contribution in [3.8, 4) is 5.75 Å². The van der Waals surface area contributed by atoms with Crippen LogP contribution in [-0.2, 0) is 6.42 Å². The van der Waals surface area contributed by atoms with E-state index in [1.807, 2.05) is 43.3 Å². The third kappa shape index (κ3) is 3.89. The molecule has 1 atom stereocenters. The molecule has 5 rings (SSSR count). The van der Waals surface area contributed by atoms with Crippen LogP contribution < -0.4 is 10.1 Å². The molecule has 32 heavy (non-hydrogen) atoms. The van der Waals surface area contributed by atoms with Crippen molar-refractivity contribution in [2.75, 3.05) is 6.54 Å². The number of ether oxygens (including phenoxy) is 1. The van der Waals surface area contributed by atoms with Gasteiger partial charge in [-0.15, -0.1) is 0 Å². The molecule has 1 amide bonds. The number of hydrogen-bond acceptors (Lipinski definition) is 4.